The van der Waals surface area contributed by atoms with Crippen molar-refractivity contribution in [1.29, 1.82) is 0 Å². The predicted molar refractivity (Wildman–Crippen MR) is 57.1 cm³/mol. The molecule has 2 heterocycles. The van der Waals surface area contributed by atoms with Gasteiger partial charge in [0.25, 0.3) is 0 Å². The Morgan fingerprint density at radius 3 is 3.21 bits per heavy atom. The van der Waals surface area contributed by atoms with Crippen molar-refractivity contribution in [3.63, 3.8) is 0 Å². The molecule has 0 aromatic carbocycles. The van der Waals surface area contributed by atoms with Crippen LogP contribution in [0.4, 0.5) is 0 Å². The summed E-state index contributed by atoms with van der Waals surface area (Å²) in [5.41, 5.74) is 6.64. The van der Waals surface area contributed by atoms with E-state index in [0.29, 0.717) is 0 Å². The summed E-state index contributed by atoms with van der Waals surface area (Å²) >= 11 is 1.80. The number of rotatable bonds is 2. The Labute approximate surface area is 87.5 Å². The number of carbonyl (C=O) groups is 1. The number of hydrogen-bond acceptors (Lipinski definition) is 3. The number of thiophene rings is 1. The highest BCUT2D eigenvalue weighted by atomic mass is 32.1. The SMILES string of the molecule is C[C@@H](C(N)=O)N1CCc2sccc2C1. The van der Waals surface area contributed by atoms with Crippen LogP contribution in [0.2, 0.25) is 0 Å². The average Bonchev–Trinajstić information content (AvgIpc) is 2.62. The maximum Gasteiger partial charge on any atom is 0.234 e. The van der Waals surface area contributed by atoms with Crippen LogP contribution < -0.4 is 5.73 Å². The maximum absolute atomic E-state index is 11.0. The molecule has 1 atom stereocenters. The van der Waals surface area contributed by atoms with Crippen LogP contribution in [0.3, 0.4) is 0 Å². The van der Waals surface area contributed by atoms with E-state index in [4.69, 9.17) is 5.73 Å². The minimum Gasteiger partial charge on any atom is -0.368 e. The molecule has 1 aromatic heterocycles. The van der Waals surface area contributed by atoms with Gasteiger partial charge in [-0.05, 0) is 30.4 Å². The molecule has 3 nitrogen and oxygen atoms in total. The van der Waals surface area contributed by atoms with E-state index in [-0.39, 0.29) is 11.9 Å². The van der Waals surface area contributed by atoms with Crippen molar-refractivity contribution >= 4 is 17.2 Å². The molecule has 0 saturated heterocycles. The minimum atomic E-state index is -0.233. The Balaban J connectivity index is 2.11. The molecule has 2 rings (SSSR count). The first-order chi connectivity index (χ1) is 6.68. The molecule has 14 heavy (non-hydrogen) atoms. The zero-order valence-corrected chi connectivity index (χ0v) is 9.01. The number of nitrogens with two attached hydrogens (primary N) is 1. The molecule has 0 radical (unpaired) electrons. The molecule has 1 aliphatic heterocycles. The highest BCUT2D eigenvalue weighted by Gasteiger charge is 2.23. The number of fused-ring (bicyclic) bond motifs is 1. The summed E-state index contributed by atoms with van der Waals surface area (Å²) in [5.74, 6) is -0.233. The third-order valence-electron chi connectivity index (χ3n) is 2.80. The van der Waals surface area contributed by atoms with Crippen molar-refractivity contribution < 1.29 is 4.79 Å². The summed E-state index contributed by atoms with van der Waals surface area (Å²) in [6.45, 7) is 3.68. The normalized spacial score (nSPS) is 18.9. The van der Waals surface area contributed by atoms with Crippen LogP contribution in [-0.4, -0.2) is 23.4 Å². The van der Waals surface area contributed by atoms with E-state index >= 15 is 0 Å². The molecule has 0 unspecified atom stereocenters. The molecular weight excluding hydrogens is 196 g/mol. The van der Waals surface area contributed by atoms with Gasteiger partial charge in [0.05, 0.1) is 6.04 Å². The summed E-state index contributed by atoms with van der Waals surface area (Å²) in [7, 11) is 0. The third-order valence-corrected chi connectivity index (χ3v) is 3.82. The van der Waals surface area contributed by atoms with Crippen LogP contribution in [0.5, 0.6) is 0 Å². The highest BCUT2D eigenvalue weighted by molar-refractivity contribution is 7.10. The highest BCUT2D eigenvalue weighted by Crippen LogP contribution is 2.24. The second-order valence-corrected chi connectivity index (χ2v) is 4.67. The van der Waals surface area contributed by atoms with Crippen LogP contribution in [-0.2, 0) is 17.8 Å². The lowest BCUT2D eigenvalue weighted by molar-refractivity contribution is -0.123. The zero-order chi connectivity index (χ0) is 10.1. The number of hydrogen-bond donors (Lipinski definition) is 1. The standard InChI is InChI=1S/C10H14N2OS/c1-7(10(11)13)12-4-2-9-8(6-12)3-5-14-9/h3,5,7H,2,4,6H2,1H3,(H2,11,13)/t7-/m0/s1. The molecule has 76 valence electrons. The summed E-state index contributed by atoms with van der Waals surface area (Å²) < 4.78 is 0. The topological polar surface area (TPSA) is 46.3 Å². The number of primary amides is 1. The molecule has 1 amide bonds. The first kappa shape index (κ1) is 9.68. The lowest BCUT2D eigenvalue weighted by Crippen LogP contribution is -2.44. The molecule has 0 aliphatic carbocycles. The minimum absolute atomic E-state index is 0.150. The van der Waals surface area contributed by atoms with Gasteiger partial charge in [0.15, 0.2) is 0 Å². The fourth-order valence-electron chi connectivity index (χ4n) is 1.78. The van der Waals surface area contributed by atoms with Gasteiger partial charge < -0.3 is 5.73 Å². The Morgan fingerprint density at radius 2 is 2.50 bits per heavy atom. The summed E-state index contributed by atoms with van der Waals surface area (Å²) in [6, 6.07) is 1.99. The first-order valence-electron chi connectivity index (χ1n) is 4.77. The van der Waals surface area contributed by atoms with Crippen LogP contribution in [0.1, 0.15) is 17.4 Å². The van der Waals surface area contributed by atoms with E-state index < -0.39 is 0 Å². The number of nitrogens with zero attached hydrogens (tertiary/aromatic N) is 1. The van der Waals surface area contributed by atoms with Crippen LogP contribution >= 0.6 is 11.3 Å². The monoisotopic (exact) mass is 210 g/mol. The van der Waals surface area contributed by atoms with Crippen molar-refractivity contribution in [3.8, 4) is 0 Å². The van der Waals surface area contributed by atoms with Crippen LogP contribution in [0, 0.1) is 0 Å². The van der Waals surface area contributed by atoms with E-state index in [2.05, 4.69) is 16.3 Å². The fraction of sp³-hybridized carbons (Fsp3) is 0.500. The lowest BCUT2D eigenvalue weighted by atomic mass is 10.1. The van der Waals surface area contributed by atoms with E-state index in [1.54, 1.807) is 11.3 Å². The van der Waals surface area contributed by atoms with Crippen molar-refractivity contribution in [2.45, 2.75) is 25.9 Å². The van der Waals surface area contributed by atoms with Crippen molar-refractivity contribution in [2.24, 2.45) is 5.73 Å². The van der Waals surface area contributed by atoms with E-state index in [9.17, 15) is 4.79 Å². The maximum atomic E-state index is 11.0. The molecule has 4 heteroatoms. The van der Waals surface area contributed by atoms with Crippen molar-refractivity contribution in [2.75, 3.05) is 6.54 Å². The number of carbonyl (C=O) groups excluding carboxylic acids is 1. The van der Waals surface area contributed by atoms with Gasteiger partial charge in [-0.2, -0.15) is 0 Å². The molecule has 0 fully saturated rings. The number of amides is 1. The van der Waals surface area contributed by atoms with Crippen LogP contribution in [0.25, 0.3) is 0 Å². The van der Waals surface area contributed by atoms with E-state index in [0.717, 1.165) is 19.5 Å². The van der Waals surface area contributed by atoms with Gasteiger partial charge in [0, 0.05) is 18.0 Å². The molecule has 0 spiro atoms. The lowest BCUT2D eigenvalue weighted by Gasteiger charge is -2.30. The molecular formula is C10H14N2OS. The molecule has 2 N–H and O–H groups in total. The van der Waals surface area contributed by atoms with Gasteiger partial charge in [0.2, 0.25) is 5.91 Å². The quantitative estimate of drug-likeness (QED) is 0.791. The van der Waals surface area contributed by atoms with E-state index in [1.165, 1.54) is 10.4 Å². The van der Waals surface area contributed by atoms with Gasteiger partial charge in [-0.15, -0.1) is 11.3 Å². The van der Waals surface area contributed by atoms with Gasteiger partial charge in [0.1, 0.15) is 0 Å². The first-order valence-corrected chi connectivity index (χ1v) is 5.65. The predicted octanol–water partition coefficient (Wildman–Crippen LogP) is 0.980. The van der Waals surface area contributed by atoms with Gasteiger partial charge in [-0.3, -0.25) is 9.69 Å². The van der Waals surface area contributed by atoms with E-state index in [1.807, 2.05) is 6.92 Å². The summed E-state index contributed by atoms with van der Waals surface area (Å²) in [5, 5.41) is 2.11. The second kappa shape index (κ2) is 3.71. The second-order valence-electron chi connectivity index (χ2n) is 3.67. The van der Waals surface area contributed by atoms with Gasteiger partial charge >= 0.3 is 0 Å². The largest absolute Gasteiger partial charge is 0.368 e. The average molecular weight is 210 g/mol. The fourth-order valence-corrected chi connectivity index (χ4v) is 2.67. The Kier molecular flexibility index (Phi) is 2.56. The summed E-state index contributed by atoms with van der Waals surface area (Å²) in [4.78, 5) is 14.6. The molecule has 1 aliphatic rings. The van der Waals surface area contributed by atoms with Crippen molar-refractivity contribution in [3.05, 3.63) is 21.9 Å². The molecule has 0 bridgehead atoms. The van der Waals surface area contributed by atoms with Gasteiger partial charge in [-0.25, -0.2) is 0 Å². The Bertz CT molecular complexity index is 348. The van der Waals surface area contributed by atoms with Gasteiger partial charge in [-0.1, -0.05) is 0 Å². The Hall–Kier alpha value is -0.870. The molecule has 0 saturated carbocycles. The third kappa shape index (κ3) is 1.67. The van der Waals surface area contributed by atoms with Crippen LogP contribution in [0.15, 0.2) is 11.4 Å². The smallest absolute Gasteiger partial charge is 0.234 e. The summed E-state index contributed by atoms with van der Waals surface area (Å²) in [6.07, 6.45) is 1.05. The van der Waals surface area contributed by atoms with Crippen molar-refractivity contribution in [1.82, 2.24) is 4.90 Å². The zero-order valence-electron chi connectivity index (χ0n) is 8.19. The molecule has 1 aromatic rings. The Morgan fingerprint density at radius 1 is 1.71 bits per heavy atom.